The molecule has 1 heterocycles. The van der Waals surface area contributed by atoms with Crippen LogP contribution in [0.2, 0.25) is 0 Å². The van der Waals surface area contributed by atoms with E-state index in [1.807, 2.05) is 0 Å². The van der Waals surface area contributed by atoms with Crippen molar-refractivity contribution in [2.45, 2.75) is 26.2 Å². The van der Waals surface area contributed by atoms with Gasteiger partial charge in [0.25, 0.3) is 0 Å². The number of aromatic nitrogens is 2. The van der Waals surface area contributed by atoms with Crippen molar-refractivity contribution in [1.82, 2.24) is 9.97 Å². The van der Waals surface area contributed by atoms with Crippen LogP contribution in [0.25, 0.3) is 0 Å². The second-order valence-corrected chi connectivity index (χ2v) is 3.23. The normalized spacial score (nSPS) is 13.6. The second kappa shape index (κ2) is 4.63. The topological polar surface area (TPSA) is 35.0 Å². The van der Waals surface area contributed by atoms with Crippen molar-refractivity contribution in [1.29, 1.82) is 0 Å². The highest BCUT2D eigenvalue weighted by Crippen LogP contribution is 2.34. The van der Waals surface area contributed by atoms with Gasteiger partial charge in [-0.15, -0.1) is 0 Å². The second-order valence-electron chi connectivity index (χ2n) is 3.23. The Bertz CT molecular complexity index is 365. The van der Waals surface area contributed by atoms with E-state index in [9.17, 15) is 17.6 Å². The predicted octanol–water partition coefficient (Wildman–Crippen LogP) is 2.54. The number of halogens is 4. The zero-order chi connectivity index (χ0) is 12.3. The molecule has 0 fully saturated rings. The lowest BCUT2D eigenvalue weighted by Crippen LogP contribution is -2.15. The van der Waals surface area contributed by atoms with E-state index >= 15 is 0 Å². The lowest BCUT2D eigenvalue weighted by molar-refractivity contribution is -0.139. The maximum Gasteiger partial charge on any atom is 0.423 e. The average Bonchev–Trinajstić information content (AvgIpc) is 2.12. The van der Waals surface area contributed by atoms with E-state index in [1.165, 1.54) is 13.8 Å². The molecule has 7 heteroatoms. The van der Waals surface area contributed by atoms with Crippen molar-refractivity contribution >= 4 is 0 Å². The summed E-state index contributed by atoms with van der Waals surface area (Å²) in [5, 5.41) is 0. The highest BCUT2D eigenvalue weighted by Gasteiger charge is 2.36. The summed E-state index contributed by atoms with van der Waals surface area (Å²) in [7, 11) is 0. The quantitative estimate of drug-likeness (QED) is 0.759. The maximum atomic E-state index is 12.5. The number of hydrogen-bond donors (Lipinski definition) is 0. The van der Waals surface area contributed by atoms with Gasteiger partial charge in [-0.2, -0.15) is 18.2 Å². The van der Waals surface area contributed by atoms with Gasteiger partial charge in [-0.05, 0) is 13.8 Å². The van der Waals surface area contributed by atoms with E-state index in [-0.39, 0.29) is 5.82 Å². The summed E-state index contributed by atoms with van der Waals surface area (Å²) in [6.07, 6.45) is -5.35. The Morgan fingerprint density at radius 2 is 2.06 bits per heavy atom. The zero-order valence-electron chi connectivity index (χ0n) is 8.68. The number of nitrogens with zero attached hydrogens (tertiary/aromatic N) is 2. The first-order valence-electron chi connectivity index (χ1n) is 4.48. The van der Waals surface area contributed by atoms with Crippen LogP contribution in [0.15, 0.2) is 6.20 Å². The fourth-order valence-electron chi connectivity index (χ4n) is 0.947. The number of ether oxygens (including phenoxy) is 1. The Balaban J connectivity index is 2.99. The molecular weight excluding hydrogens is 228 g/mol. The van der Waals surface area contributed by atoms with E-state index in [1.54, 1.807) is 0 Å². The van der Waals surface area contributed by atoms with Gasteiger partial charge in [0.05, 0.1) is 0 Å². The van der Waals surface area contributed by atoms with Crippen LogP contribution in [-0.2, 0) is 6.18 Å². The van der Waals surface area contributed by atoms with Crippen molar-refractivity contribution in [3.8, 4) is 5.88 Å². The monoisotopic (exact) mass is 238 g/mol. The summed E-state index contributed by atoms with van der Waals surface area (Å²) in [5.74, 6) is -0.501. The van der Waals surface area contributed by atoms with Crippen LogP contribution in [0, 0.1) is 6.92 Å². The largest absolute Gasteiger partial charge is 0.474 e. The van der Waals surface area contributed by atoms with Gasteiger partial charge in [0.15, 0.2) is 0 Å². The van der Waals surface area contributed by atoms with Gasteiger partial charge in [0.1, 0.15) is 24.2 Å². The summed E-state index contributed by atoms with van der Waals surface area (Å²) in [5.41, 5.74) is -1.10. The number of hydrogen-bond acceptors (Lipinski definition) is 3. The Kier molecular flexibility index (Phi) is 3.66. The van der Waals surface area contributed by atoms with Crippen molar-refractivity contribution < 1.29 is 22.3 Å². The van der Waals surface area contributed by atoms with Gasteiger partial charge in [-0.25, -0.2) is 9.37 Å². The molecule has 1 aromatic rings. The van der Waals surface area contributed by atoms with Crippen LogP contribution >= 0.6 is 0 Å². The van der Waals surface area contributed by atoms with Gasteiger partial charge < -0.3 is 4.74 Å². The van der Waals surface area contributed by atoms with Crippen molar-refractivity contribution in [2.75, 3.05) is 6.61 Å². The molecule has 0 bridgehead atoms. The fourth-order valence-corrected chi connectivity index (χ4v) is 0.947. The third-order valence-electron chi connectivity index (χ3n) is 1.63. The summed E-state index contributed by atoms with van der Waals surface area (Å²) in [4.78, 5) is 6.92. The van der Waals surface area contributed by atoms with Gasteiger partial charge in [-0.1, -0.05) is 0 Å². The lowest BCUT2D eigenvalue weighted by atomic mass is 10.3. The molecule has 90 valence electrons. The number of rotatable bonds is 3. The van der Waals surface area contributed by atoms with Crippen LogP contribution in [0.3, 0.4) is 0 Å². The lowest BCUT2D eigenvalue weighted by Gasteiger charge is -2.12. The molecular formula is C9H10F4N2O. The van der Waals surface area contributed by atoms with Gasteiger partial charge in [0, 0.05) is 6.20 Å². The Morgan fingerprint density at radius 3 is 2.56 bits per heavy atom. The highest BCUT2D eigenvalue weighted by atomic mass is 19.4. The SMILES string of the molecule is Cc1ncc(C(F)(F)F)c(OCC(C)F)n1. The molecule has 0 saturated carbocycles. The molecule has 1 aromatic heterocycles. The molecule has 0 amide bonds. The maximum absolute atomic E-state index is 12.5. The van der Waals surface area contributed by atoms with E-state index in [0.717, 1.165) is 0 Å². The van der Waals surface area contributed by atoms with Crippen molar-refractivity contribution in [2.24, 2.45) is 0 Å². The van der Waals surface area contributed by atoms with E-state index in [2.05, 4.69) is 14.7 Å². The molecule has 0 aromatic carbocycles. The van der Waals surface area contributed by atoms with Gasteiger partial charge in [-0.3, -0.25) is 0 Å². The minimum atomic E-state index is -4.61. The molecule has 0 aliphatic rings. The molecule has 0 radical (unpaired) electrons. The number of alkyl halides is 4. The van der Waals surface area contributed by atoms with Gasteiger partial charge >= 0.3 is 6.18 Å². The molecule has 1 unspecified atom stereocenters. The minimum absolute atomic E-state index is 0.134. The average molecular weight is 238 g/mol. The van der Waals surface area contributed by atoms with Crippen LogP contribution in [-0.4, -0.2) is 22.7 Å². The first-order valence-corrected chi connectivity index (χ1v) is 4.48. The third-order valence-corrected chi connectivity index (χ3v) is 1.63. The van der Waals surface area contributed by atoms with E-state index in [0.29, 0.717) is 6.20 Å². The number of aryl methyl sites for hydroxylation is 1. The Hall–Kier alpha value is -1.40. The molecule has 1 rings (SSSR count). The summed E-state index contributed by atoms with van der Waals surface area (Å²) >= 11 is 0. The predicted molar refractivity (Wildman–Crippen MR) is 47.8 cm³/mol. The molecule has 0 saturated heterocycles. The molecule has 0 N–H and O–H groups in total. The van der Waals surface area contributed by atoms with Crippen LogP contribution in [0.4, 0.5) is 17.6 Å². The molecule has 0 spiro atoms. The molecule has 16 heavy (non-hydrogen) atoms. The molecule has 3 nitrogen and oxygen atoms in total. The van der Waals surface area contributed by atoms with Crippen molar-refractivity contribution in [3.63, 3.8) is 0 Å². The smallest absolute Gasteiger partial charge is 0.423 e. The van der Waals surface area contributed by atoms with E-state index in [4.69, 9.17) is 0 Å². The molecule has 0 aliphatic carbocycles. The summed E-state index contributed by atoms with van der Waals surface area (Å²) in [6.45, 7) is 2.13. The summed E-state index contributed by atoms with van der Waals surface area (Å²) in [6, 6.07) is 0. The molecule has 1 atom stereocenters. The van der Waals surface area contributed by atoms with Crippen molar-refractivity contribution in [3.05, 3.63) is 17.6 Å². The highest BCUT2D eigenvalue weighted by molar-refractivity contribution is 5.26. The first kappa shape index (κ1) is 12.7. The Labute approximate surface area is 89.5 Å². The zero-order valence-corrected chi connectivity index (χ0v) is 8.68. The molecule has 0 aliphatic heterocycles. The summed E-state index contributed by atoms with van der Waals surface area (Å²) < 4.78 is 54.5. The van der Waals surface area contributed by atoms with Gasteiger partial charge in [0.2, 0.25) is 5.88 Å². The van der Waals surface area contributed by atoms with Crippen LogP contribution in [0.1, 0.15) is 18.3 Å². The Morgan fingerprint density at radius 1 is 1.44 bits per heavy atom. The fraction of sp³-hybridized carbons (Fsp3) is 0.556. The van der Waals surface area contributed by atoms with Crippen LogP contribution in [0.5, 0.6) is 5.88 Å². The third kappa shape index (κ3) is 3.32. The first-order chi connectivity index (χ1) is 7.30. The van der Waals surface area contributed by atoms with Crippen LogP contribution < -0.4 is 4.74 Å². The van der Waals surface area contributed by atoms with E-state index < -0.39 is 30.4 Å². The minimum Gasteiger partial charge on any atom is -0.474 e. The standard InChI is InChI=1S/C9H10F4N2O/c1-5(10)4-16-8-7(9(11,12)13)3-14-6(2)15-8/h3,5H,4H2,1-2H3.